The topological polar surface area (TPSA) is 20.2 Å². The predicted molar refractivity (Wildman–Crippen MR) is 65.0 cm³/mol. The highest BCUT2D eigenvalue weighted by Gasteiger charge is 3.02. The Balaban J connectivity index is 2.86. The van der Waals surface area contributed by atoms with Crippen LogP contribution in [0.4, 0.5) is 48.3 Å². The fraction of sp³-hybridized carbons (Fsp3) is 0.538. The van der Waals surface area contributed by atoms with Crippen molar-refractivity contribution in [2.45, 2.75) is 41.4 Å². The van der Waals surface area contributed by atoms with E-state index in [4.69, 9.17) is 11.6 Å². The molecule has 2 rings (SSSR count). The number of rotatable bonds is 2. The van der Waals surface area contributed by atoms with Gasteiger partial charge in [0.1, 0.15) is 6.10 Å². The van der Waals surface area contributed by atoms with Crippen LogP contribution in [-0.2, 0) is 0 Å². The van der Waals surface area contributed by atoms with Crippen LogP contribution in [0.15, 0.2) is 24.3 Å². The normalized spacial score (nSPS) is 28.3. The van der Waals surface area contributed by atoms with Gasteiger partial charge in [0.2, 0.25) is 0 Å². The first kappa shape index (κ1) is 21.0. The second-order valence-electron chi connectivity index (χ2n) is 5.51. The van der Waals surface area contributed by atoms with Crippen molar-refractivity contribution in [1.29, 1.82) is 0 Å². The fourth-order valence-electron chi connectivity index (χ4n) is 2.50. The lowest BCUT2D eigenvalue weighted by Gasteiger charge is -2.53. The van der Waals surface area contributed by atoms with Gasteiger partial charge in [-0.15, -0.1) is 0 Å². The molecule has 1 atom stereocenters. The number of aliphatic hydroxyl groups excluding tert-OH is 1. The molecule has 0 heterocycles. The number of halogens is 12. The Morgan fingerprint density at radius 3 is 1.38 bits per heavy atom. The Labute approximate surface area is 142 Å². The van der Waals surface area contributed by atoms with Crippen LogP contribution in [0.2, 0.25) is 5.02 Å². The third-order valence-corrected chi connectivity index (χ3v) is 4.41. The zero-order chi connectivity index (χ0) is 20.6. The summed E-state index contributed by atoms with van der Waals surface area (Å²) in [6, 6.07) is 2.90. The van der Waals surface area contributed by atoms with Crippen molar-refractivity contribution in [2.24, 2.45) is 0 Å². The summed E-state index contributed by atoms with van der Waals surface area (Å²) < 4.78 is 150. The first-order valence-corrected chi connectivity index (χ1v) is 6.81. The van der Waals surface area contributed by atoms with E-state index in [1.807, 2.05) is 0 Å². The molecule has 1 fully saturated rings. The Bertz CT molecular complexity index is 688. The first-order valence-electron chi connectivity index (χ1n) is 6.43. The van der Waals surface area contributed by atoms with Crippen molar-refractivity contribution in [3.05, 3.63) is 34.9 Å². The summed E-state index contributed by atoms with van der Waals surface area (Å²) in [5, 5.41) is 8.62. The van der Waals surface area contributed by atoms with E-state index < -0.39 is 52.0 Å². The molecule has 1 aromatic rings. The van der Waals surface area contributed by atoms with E-state index in [9.17, 15) is 53.4 Å². The van der Waals surface area contributed by atoms with Crippen LogP contribution in [0, 0.1) is 0 Å². The van der Waals surface area contributed by atoms with Gasteiger partial charge in [-0.1, -0.05) is 29.8 Å². The third kappa shape index (κ3) is 1.97. The highest BCUT2D eigenvalue weighted by atomic mass is 35.5. The third-order valence-electron chi connectivity index (χ3n) is 4.07. The van der Waals surface area contributed by atoms with Crippen molar-refractivity contribution in [1.82, 2.24) is 0 Å². The van der Waals surface area contributed by atoms with E-state index in [1.165, 1.54) is 0 Å². The molecule has 0 spiro atoms. The minimum Gasteiger partial charge on any atom is -0.384 e. The van der Waals surface area contributed by atoms with Crippen molar-refractivity contribution < 1.29 is 53.4 Å². The van der Waals surface area contributed by atoms with E-state index in [2.05, 4.69) is 0 Å². The van der Waals surface area contributed by atoms with E-state index in [0.29, 0.717) is 12.1 Å². The zero-order valence-electron chi connectivity index (χ0n) is 11.9. The predicted octanol–water partition coefficient (Wildman–Crippen LogP) is 5.27. The molecule has 0 bridgehead atoms. The maximum absolute atomic E-state index is 14.6. The smallest absolute Gasteiger partial charge is 0.384 e. The largest absolute Gasteiger partial charge is 0.384 e. The lowest BCUT2D eigenvalue weighted by atomic mass is 9.68. The van der Waals surface area contributed by atoms with Crippen LogP contribution in [0.5, 0.6) is 0 Å². The van der Waals surface area contributed by atoms with E-state index in [1.54, 1.807) is 0 Å². The van der Waals surface area contributed by atoms with Gasteiger partial charge in [-0.2, -0.15) is 43.9 Å². The van der Waals surface area contributed by atoms with Crippen molar-refractivity contribution >= 4 is 11.6 Å². The monoisotopic (exact) mass is 422 g/mol. The molecule has 1 aliphatic rings. The minimum atomic E-state index is -7.33. The Hall–Kier alpha value is -1.30. The lowest BCUT2D eigenvalue weighted by Crippen LogP contribution is -2.84. The summed E-state index contributed by atoms with van der Waals surface area (Å²) in [4.78, 5) is 0. The molecular formula is C13H6ClF11O. The quantitative estimate of drug-likeness (QED) is 0.644. The molecule has 1 aromatic carbocycles. The van der Waals surface area contributed by atoms with E-state index in [0.717, 1.165) is 12.1 Å². The summed E-state index contributed by atoms with van der Waals surface area (Å²) in [5.41, 5.74) is -7.94. The highest BCUT2D eigenvalue weighted by molar-refractivity contribution is 6.31. The van der Waals surface area contributed by atoms with Gasteiger partial charge in [0.25, 0.3) is 5.67 Å². The van der Waals surface area contributed by atoms with Crippen LogP contribution in [0.1, 0.15) is 11.7 Å². The summed E-state index contributed by atoms with van der Waals surface area (Å²) in [5.74, 6) is -36.1. The summed E-state index contributed by atoms with van der Waals surface area (Å²) in [6.45, 7) is 0. The van der Waals surface area contributed by atoms with E-state index >= 15 is 0 Å². The molecular weight excluding hydrogens is 417 g/mol. The molecule has 26 heavy (non-hydrogen) atoms. The van der Waals surface area contributed by atoms with Crippen LogP contribution in [-0.4, -0.2) is 40.4 Å². The SMILES string of the molecule is OC(c1ccccc1Cl)C1(F)C(F)(F)C(F)(F)C(F)(F)C(F)(F)C1(F)F. The van der Waals surface area contributed by atoms with Gasteiger partial charge in [-0.25, -0.2) is 4.39 Å². The first-order chi connectivity index (χ1) is 11.4. The maximum Gasteiger partial charge on any atom is 0.384 e. The molecule has 0 aromatic heterocycles. The van der Waals surface area contributed by atoms with Crippen LogP contribution < -0.4 is 0 Å². The van der Waals surface area contributed by atoms with Crippen molar-refractivity contribution in [3.63, 3.8) is 0 Å². The fourth-order valence-corrected chi connectivity index (χ4v) is 2.74. The standard InChI is InChI=1S/C13H6ClF11O/c14-6-4-2-1-3-5(6)7(26)8(15)9(16,17)11(20,21)13(24,25)12(22,23)10(8,18)19/h1-4,7,26H. The molecule has 1 saturated carbocycles. The van der Waals surface area contributed by atoms with Crippen LogP contribution >= 0.6 is 11.6 Å². The second kappa shape index (κ2) is 5.37. The van der Waals surface area contributed by atoms with Gasteiger partial charge in [-0.3, -0.25) is 0 Å². The zero-order valence-corrected chi connectivity index (χ0v) is 12.6. The Kier molecular flexibility index (Phi) is 4.34. The van der Waals surface area contributed by atoms with Gasteiger partial charge >= 0.3 is 29.6 Å². The van der Waals surface area contributed by atoms with E-state index in [-0.39, 0.29) is 0 Å². The second-order valence-corrected chi connectivity index (χ2v) is 5.91. The minimum absolute atomic E-state index is 0.392. The molecule has 0 amide bonds. The number of alkyl halides is 11. The average Bonchev–Trinajstić information content (AvgIpc) is 2.51. The van der Waals surface area contributed by atoms with Crippen LogP contribution in [0.25, 0.3) is 0 Å². The van der Waals surface area contributed by atoms with Gasteiger partial charge < -0.3 is 5.11 Å². The van der Waals surface area contributed by atoms with Gasteiger partial charge in [0.15, 0.2) is 0 Å². The average molecular weight is 423 g/mol. The molecule has 1 nitrogen and oxygen atoms in total. The van der Waals surface area contributed by atoms with Gasteiger partial charge in [0, 0.05) is 10.6 Å². The molecule has 0 radical (unpaired) electrons. The molecule has 13 heteroatoms. The van der Waals surface area contributed by atoms with Crippen molar-refractivity contribution in [3.8, 4) is 0 Å². The van der Waals surface area contributed by atoms with Crippen molar-refractivity contribution in [2.75, 3.05) is 0 Å². The number of hydrogen-bond acceptors (Lipinski definition) is 1. The van der Waals surface area contributed by atoms with Gasteiger partial charge in [0.05, 0.1) is 0 Å². The van der Waals surface area contributed by atoms with Crippen LogP contribution in [0.3, 0.4) is 0 Å². The number of hydrogen-bond donors (Lipinski definition) is 1. The molecule has 0 saturated heterocycles. The molecule has 1 N–H and O–H groups in total. The lowest BCUT2D eigenvalue weighted by molar-refractivity contribution is -0.494. The molecule has 148 valence electrons. The Morgan fingerprint density at radius 1 is 0.654 bits per heavy atom. The number of benzene rings is 1. The number of aliphatic hydroxyl groups is 1. The summed E-state index contributed by atoms with van der Waals surface area (Å²) in [7, 11) is 0. The van der Waals surface area contributed by atoms with Gasteiger partial charge in [-0.05, 0) is 6.07 Å². The molecule has 1 unspecified atom stereocenters. The summed E-state index contributed by atoms with van der Waals surface area (Å²) in [6.07, 6.45) is -4.10. The Morgan fingerprint density at radius 2 is 1.00 bits per heavy atom. The molecule has 1 aliphatic carbocycles. The highest BCUT2D eigenvalue weighted by Crippen LogP contribution is 2.71. The summed E-state index contributed by atoms with van der Waals surface area (Å²) >= 11 is 5.35. The maximum atomic E-state index is 14.6. The molecule has 0 aliphatic heterocycles.